The first-order chi connectivity index (χ1) is 13.0. The van der Waals surface area contributed by atoms with Gasteiger partial charge in [-0.05, 0) is 82.5 Å². The fourth-order valence-electron chi connectivity index (χ4n) is 5.36. The van der Waals surface area contributed by atoms with E-state index in [1.807, 2.05) is 0 Å². The molecule has 27 heavy (non-hydrogen) atoms. The molecule has 2 N–H and O–H groups in total. The predicted octanol–water partition coefficient (Wildman–Crippen LogP) is 2.69. The van der Waals surface area contributed by atoms with E-state index >= 15 is 0 Å². The monoisotopic (exact) mass is 378 g/mol. The minimum atomic E-state index is -1.82. The molecule has 1 saturated carbocycles. The topological polar surface area (TPSA) is 81.1 Å². The van der Waals surface area contributed by atoms with Crippen LogP contribution in [0.25, 0.3) is 0 Å². The van der Waals surface area contributed by atoms with Gasteiger partial charge in [0.1, 0.15) is 0 Å². The van der Waals surface area contributed by atoms with E-state index < -0.39 is 11.9 Å². The molecule has 0 spiro atoms. The van der Waals surface area contributed by atoms with E-state index in [-0.39, 0.29) is 0 Å². The largest absolute Gasteiger partial charge is 0.473 e. The third kappa shape index (κ3) is 5.79. The quantitative estimate of drug-likeness (QED) is 0.580. The highest BCUT2D eigenvalue weighted by atomic mass is 16.4. The van der Waals surface area contributed by atoms with Crippen LogP contribution in [-0.2, 0) is 9.59 Å². The molecular formula is C21H34N2O4. The van der Waals surface area contributed by atoms with Gasteiger partial charge in [-0.2, -0.15) is 0 Å². The molecule has 2 saturated heterocycles. The molecule has 6 nitrogen and oxygen atoms in total. The lowest BCUT2D eigenvalue weighted by Gasteiger charge is -2.39. The zero-order valence-corrected chi connectivity index (χ0v) is 16.3. The van der Waals surface area contributed by atoms with Gasteiger partial charge in [0, 0.05) is 12.6 Å². The van der Waals surface area contributed by atoms with Crippen molar-refractivity contribution in [1.82, 2.24) is 9.80 Å². The number of hydrogen-bond acceptors (Lipinski definition) is 4. The van der Waals surface area contributed by atoms with Gasteiger partial charge < -0.3 is 20.0 Å². The highest BCUT2D eigenvalue weighted by Crippen LogP contribution is 2.43. The summed E-state index contributed by atoms with van der Waals surface area (Å²) in [6.07, 6.45) is 16.6. The molecule has 0 aromatic carbocycles. The first-order valence-electron chi connectivity index (χ1n) is 10.6. The summed E-state index contributed by atoms with van der Waals surface area (Å²) in [5.74, 6) is -0.798. The molecule has 0 amide bonds. The SMILES string of the molecule is C1=CC2CC1CC2CN1CCC(N2CCCCCC2)CC1.O=C(O)C(=O)O. The average molecular weight is 379 g/mol. The summed E-state index contributed by atoms with van der Waals surface area (Å²) >= 11 is 0. The van der Waals surface area contributed by atoms with E-state index in [2.05, 4.69) is 22.0 Å². The van der Waals surface area contributed by atoms with Crippen LogP contribution in [0.5, 0.6) is 0 Å². The van der Waals surface area contributed by atoms with Crippen molar-refractivity contribution in [3.05, 3.63) is 12.2 Å². The van der Waals surface area contributed by atoms with Gasteiger partial charge in [0.05, 0.1) is 0 Å². The summed E-state index contributed by atoms with van der Waals surface area (Å²) in [4.78, 5) is 23.8. The zero-order chi connectivity index (χ0) is 19.2. The Balaban J connectivity index is 0.000000307. The summed E-state index contributed by atoms with van der Waals surface area (Å²) in [7, 11) is 0. The molecule has 2 aliphatic carbocycles. The van der Waals surface area contributed by atoms with E-state index in [0.29, 0.717) is 0 Å². The Morgan fingerprint density at radius 3 is 1.96 bits per heavy atom. The number of carbonyl (C=O) groups is 2. The first kappa shape index (κ1) is 20.3. The molecule has 0 radical (unpaired) electrons. The Labute approximate surface area is 162 Å². The van der Waals surface area contributed by atoms with Crippen molar-refractivity contribution in [3.63, 3.8) is 0 Å². The van der Waals surface area contributed by atoms with Crippen molar-refractivity contribution in [2.45, 2.75) is 57.4 Å². The smallest absolute Gasteiger partial charge is 0.414 e. The van der Waals surface area contributed by atoms with Gasteiger partial charge in [0.2, 0.25) is 0 Å². The highest BCUT2D eigenvalue weighted by molar-refractivity contribution is 6.27. The number of carboxylic acid groups (broad SMARTS) is 2. The van der Waals surface area contributed by atoms with Crippen LogP contribution in [0.3, 0.4) is 0 Å². The second kappa shape index (κ2) is 9.69. The molecule has 152 valence electrons. The third-order valence-electron chi connectivity index (χ3n) is 6.81. The molecule has 2 bridgehead atoms. The molecule has 4 rings (SSSR count). The zero-order valence-electron chi connectivity index (χ0n) is 16.3. The van der Waals surface area contributed by atoms with Crippen LogP contribution >= 0.6 is 0 Å². The number of rotatable bonds is 3. The van der Waals surface area contributed by atoms with Gasteiger partial charge in [-0.25, -0.2) is 9.59 Å². The van der Waals surface area contributed by atoms with Gasteiger partial charge in [-0.3, -0.25) is 0 Å². The Morgan fingerprint density at radius 2 is 1.48 bits per heavy atom. The van der Waals surface area contributed by atoms with Gasteiger partial charge in [0.15, 0.2) is 0 Å². The van der Waals surface area contributed by atoms with E-state index in [1.54, 1.807) is 0 Å². The van der Waals surface area contributed by atoms with E-state index in [4.69, 9.17) is 19.8 Å². The number of piperidine rings is 1. The fraction of sp³-hybridized carbons (Fsp3) is 0.810. The summed E-state index contributed by atoms with van der Waals surface area (Å²) in [5, 5.41) is 14.8. The van der Waals surface area contributed by atoms with Gasteiger partial charge in [-0.1, -0.05) is 25.0 Å². The molecule has 6 heteroatoms. The maximum Gasteiger partial charge on any atom is 0.414 e. The maximum absolute atomic E-state index is 9.10. The lowest BCUT2D eigenvalue weighted by Crippen LogP contribution is -2.46. The Bertz CT molecular complexity index is 522. The van der Waals surface area contributed by atoms with Crippen molar-refractivity contribution < 1.29 is 19.8 Å². The van der Waals surface area contributed by atoms with Crippen molar-refractivity contribution in [1.29, 1.82) is 0 Å². The molecule has 3 fully saturated rings. The van der Waals surface area contributed by atoms with Crippen LogP contribution in [-0.4, -0.2) is 70.7 Å². The molecule has 0 aromatic heterocycles. The van der Waals surface area contributed by atoms with E-state index in [0.717, 1.165) is 23.8 Å². The third-order valence-corrected chi connectivity index (χ3v) is 6.81. The lowest BCUT2D eigenvalue weighted by atomic mass is 9.92. The molecule has 2 heterocycles. The first-order valence-corrected chi connectivity index (χ1v) is 10.6. The Hall–Kier alpha value is -1.40. The highest BCUT2D eigenvalue weighted by Gasteiger charge is 2.37. The van der Waals surface area contributed by atoms with Crippen molar-refractivity contribution in [2.75, 3.05) is 32.7 Å². The molecular weight excluding hydrogens is 344 g/mol. The molecule has 4 aliphatic rings. The van der Waals surface area contributed by atoms with Crippen molar-refractivity contribution in [3.8, 4) is 0 Å². The normalized spacial score (nSPS) is 31.9. The van der Waals surface area contributed by atoms with Gasteiger partial charge in [0.25, 0.3) is 0 Å². The minimum Gasteiger partial charge on any atom is -0.473 e. The van der Waals surface area contributed by atoms with Gasteiger partial charge >= 0.3 is 11.9 Å². The van der Waals surface area contributed by atoms with Crippen LogP contribution in [0.1, 0.15) is 51.4 Å². The van der Waals surface area contributed by atoms with Gasteiger partial charge in [-0.15, -0.1) is 0 Å². The number of nitrogens with zero attached hydrogens (tertiary/aromatic N) is 2. The average Bonchev–Trinajstić information content (AvgIpc) is 3.16. The molecule has 3 unspecified atom stereocenters. The number of allylic oxidation sites excluding steroid dienone is 2. The summed E-state index contributed by atoms with van der Waals surface area (Å²) in [6.45, 7) is 6.86. The van der Waals surface area contributed by atoms with Crippen LogP contribution in [0, 0.1) is 17.8 Å². The minimum absolute atomic E-state index is 0.902. The van der Waals surface area contributed by atoms with Crippen molar-refractivity contribution >= 4 is 11.9 Å². The lowest BCUT2D eigenvalue weighted by molar-refractivity contribution is -0.159. The number of likely N-dealkylation sites (tertiary alicyclic amines) is 2. The van der Waals surface area contributed by atoms with Crippen molar-refractivity contribution in [2.24, 2.45) is 17.8 Å². The number of aliphatic carboxylic acids is 2. The molecule has 0 aromatic rings. The van der Waals surface area contributed by atoms with E-state index in [9.17, 15) is 0 Å². The maximum atomic E-state index is 9.10. The fourth-order valence-corrected chi connectivity index (χ4v) is 5.36. The summed E-state index contributed by atoms with van der Waals surface area (Å²) in [5.41, 5.74) is 0. The Kier molecular flexibility index (Phi) is 7.30. The Morgan fingerprint density at radius 1 is 0.852 bits per heavy atom. The molecule has 2 aliphatic heterocycles. The number of fused-ring (bicyclic) bond motifs is 2. The summed E-state index contributed by atoms with van der Waals surface area (Å²) in [6, 6.07) is 0.902. The second-order valence-electron chi connectivity index (χ2n) is 8.63. The van der Waals surface area contributed by atoms with Crippen LogP contribution in [0.15, 0.2) is 12.2 Å². The number of hydrogen-bond donors (Lipinski definition) is 2. The number of carboxylic acids is 2. The van der Waals surface area contributed by atoms with Crippen LogP contribution in [0.4, 0.5) is 0 Å². The van der Waals surface area contributed by atoms with Crippen LogP contribution < -0.4 is 0 Å². The summed E-state index contributed by atoms with van der Waals surface area (Å²) < 4.78 is 0. The second-order valence-corrected chi connectivity index (χ2v) is 8.63. The predicted molar refractivity (Wildman–Crippen MR) is 104 cm³/mol. The van der Waals surface area contributed by atoms with E-state index in [1.165, 1.54) is 84.1 Å². The standard InChI is InChI=1S/C19H32N2.C2H2O4/c1-2-4-10-21(9-3-1)19-7-11-20(12-8-19)15-18-14-16-5-6-17(18)13-16;3-1(4)2(5)6/h5-6,16-19H,1-4,7-15H2;(H,3,4)(H,5,6). The van der Waals surface area contributed by atoms with Crippen LogP contribution in [0.2, 0.25) is 0 Å². The molecule has 3 atom stereocenters.